The summed E-state index contributed by atoms with van der Waals surface area (Å²) in [6, 6.07) is 0. The lowest BCUT2D eigenvalue weighted by Gasteiger charge is -2.58. The molecule has 0 bridgehead atoms. The molecule has 4 rings (SSSR count). The normalized spacial score (nSPS) is 44.6. The van der Waals surface area contributed by atoms with Gasteiger partial charge in [-0.25, -0.2) is 0 Å². The Balaban J connectivity index is 1.71. The van der Waals surface area contributed by atoms with Crippen LogP contribution in [0, 0.1) is 28.6 Å². The molecule has 4 aliphatic rings. The van der Waals surface area contributed by atoms with E-state index < -0.39 is 0 Å². The van der Waals surface area contributed by atoms with E-state index in [0.29, 0.717) is 18.1 Å². The molecule has 0 unspecified atom stereocenters. The van der Waals surface area contributed by atoms with Gasteiger partial charge in [0.1, 0.15) is 18.0 Å². The first-order chi connectivity index (χ1) is 13.1. The van der Waals surface area contributed by atoms with Crippen molar-refractivity contribution in [3.8, 4) is 0 Å². The summed E-state index contributed by atoms with van der Waals surface area (Å²) in [7, 11) is 0. The van der Waals surface area contributed by atoms with E-state index in [9.17, 15) is 14.4 Å². The highest BCUT2D eigenvalue weighted by Crippen LogP contribution is 2.64. The van der Waals surface area contributed by atoms with Crippen molar-refractivity contribution in [1.29, 1.82) is 0 Å². The molecule has 0 aromatic carbocycles. The van der Waals surface area contributed by atoms with Crippen molar-refractivity contribution >= 4 is 17.7 Å². The van der Waals surface area contributed by atoms with Gasteiger partial charge in [0.25, 0.3) is 0 Å². The molecule has 4 aliphatic carbocycles. The number of Topliss-reactive ketones (excluding diaryl/α,β-unsaturated/α-hetero) is 1. The lowest BCUT2D eigenvalue weighted by Crippen LogP contribution is -2.55. The molecule has 154 valence electrons. The van der Waals surface area contributed by atoms with Gasteiger partial charge in [-0.15, -0.1) is 0 Å². The molecule has 0 aromatic rings. The molecule has 0 spiro atoms. The van der Waals surface area contributed by atoms with Crippen molar-refractivity contribution < 1.29 is 23.9 Å². The molecule has 0 aromatic heterocycles. The Morgan fingerprint density at radius 3 is 2.29 bits per heavy atom. The van der Waals surface area contributed by atoms with Crippen LogP contribution >= 0.6 is 0 Å². The minimum Gasteiger partial charge on any atom is -0.462 e. The average Bonchev–Trinajstić information content (AvgIpc) is 2.90. The number of fused-ring (bicyclic) bond motifs is 5. The molecule has 28 heavy (non-hydrogen) atoms. The van der Waals surface area contributed by atoms with Gasteiger partial charge in [0, 0.05) is 38.0 Å². The van der Waals surface area contributed by atoms with E-state index in [-0.39, 0.29) is 46.8 Å². The lowest BCUT2D eigenvalue weighted by atomic mass is 9.47. The maximum Gasteiger partial charge on any atom is 0.303 e. The van der Waals surface area contributed by atoms with Crippen molar-refractivity contribution in [2.24, 2.45) is 28.6 Å². The summed E-state index contributed by atoms with van der Waals surface area (Å²) in [5.74, 6) is 0.762. The van der Waals surface area contributed by atoms with E-state index in [1.54, 1.807) is 0 Å². The van der Waals surface area contributed by atoms with Gasteiger partial charge in [0.2, 0.25) is 0 Å². The molecule has 0 saturated heterocycles. The molecule has 5 nitrogen and oxygen atoms in total. The predicted octanol–water partition coefficient (Wildman–Crippen LogP) is 3.99. The third kappa shape index (κ3) is 2.93. The molecule has 0 N–H and O–H groups in total. The van der Waals surface area contributed by atoms with Crippen molar-refractivity contribution in [2.45, 2.75) is 84.8 Å². The highest BCUT2D eigenvalue weighted by molar-refractivity contribution is 5.87. The van der Waals surface area contributed by atoms with Gasteiger partial charge in [0.05, 0.1) is 0 Å². The Hall–Kier alpha value is -1.65. The highest BCUT2D eigenvalue weighted by Gasteiger charge is 2.61. The Bertz CT molecular complexity index is 739. The number of ether oxygens (including phenoxy) is 2. The van der Waals surface area contributed by atoms with Gasteiger partial charge in [-0.05, 0) is 55.4 Å². The van der Waals surface area contributed by atoms with Crippen molar-refractivity contribution in [3.05, 3.63) is 11.6 Å². The lowest BCUT2D eigenvalue weighted by molar-refractivity contribution is -0.159. The first-order valence-electron chi connectivity index (χ1n) is 10.7. The number of carbonyl (C=O) groups excluding carboxylic acids is 3. The summed E-state index contributed by atoms with van der Waals surface area (Å²) >= 11 is 0. The number of esters is 2. The Kier molecular flexibility index (Phi) is 4.71. The second kappa shape index (κ2) is 6.70. The van der Waals surface area contributed by atoms with Gasteiger partial charge in [-0.3, -0.25) is 14.4 Å². The zero-order valence-corrected chi connectivity index (χ0v) is 17.5. The summed E-state index contributed by atoms with van der Waals surface area (Å²) in [5, 5.41) is 0. The van der Waals surface area contributed by atoms with Crippen LogP contribution in [0.3, 0.4) is 0 Å². The van der Waals surface area contributed by atoms with Crippen LogP contribution in [0.1, 0.15) is 72.6 Å². The average molecular weight is 389 g/mol. The van der Waals surface area contributed by atoms with Crippen molar-refractivity contribution in [2.75, 3.05) is 0 Å². The second-order valence-corrected chi connectivity index (χ2v) is 9.87. The first kappa shape index (κ1) is 19.7. The van der Waals surface area contributed by atoms with Crippen LogP contribution in [0.15, 0.2) is 11.6 Å². The predicted molar refractivity (Wildman–Crippen MR) is 103 cm³/mol. The third-order valence-electron chi connectivity index (χ3n) is 8.41. The molecular formula is C23H32O5. The van der Waals surface area contributed by atoms with E-state index in [1.165, 1.54) is 19.4 Å². The maximum absolute atomic E-state index is 12.7. The van der Waals surface area contributed by atoms with Crippen LogP contribution in [0.4, 0.5) is 0 Å². The number of ketones is 1. The van der Waals surface area contributed by atoms with Gasteiger partial charge in [-0.2, -0.15) is 0 Å². The SMILES string of the molecule is CC(=O)O[C@H]1CC[C@@]2(C)C(=C[C@H](OC(C)=O)[C@@H]3[C@@H]2CC[C@]2(C)C(=O)CC[C@@H]32)C1. The summed E-state index contributed by atoms with van der Waals surface area (Å²) in [6.45, 7) is 7.39. The minimum atomic E-state index is -0.280. The number of rotatable bonds is 2. The Morgan fingerprint density at radius 2 is 1.61 bits per heavy atom. The molecule has 0 heterocycles. The fourth-order valence-corrected chi connectivity index (χ4v) is 7.00. The van der Waals surface area contributed by atoms with Crippen LogP contribution in [0.25, 0.3) is 0 Å². The molecule has 3 fully saturated rings. The quantitative estimate of drug-likeness (QED) is 0.528. The number of hydrogen-bond donors (Lipinski definition) is 0. The minimum absolute atomic E-state index is 0.0327. The van der Waals surface area contributed by atoms with Crippen LogP contribution in [-0.2, 0) is 23.9 Å². The standard InChI is InChI=1S/C23H32O5/c1-13(24)27-16-7-9-22(3)15(11-16)12-19(28-14(2)25)21-17-5-6-20(26)23(17,4)10-8-18(21)22/h12,16-19,21H,5-11H2,1-4H3/t16-,17-,18-,19-,21-,22-,23-/m0/s1. The zero-order valence-electron chi connectivity index (χ0n) is 17.5. The second-order valence-electron chi connectivity index (χ2n) is 9.87. The fraction of sp³-hybridized carbons (Fsp3) is 0.783. The van der Waals surface area contributed by atoms with E-state index in [0.717, 1.165) is 38.5 Å². The fourth-order valence-electron chi connectivity index (χ4n) is 7.00. The monoisotopic (exact) mass is 388 g/mol. The Labute approximate surface area is 167 Å². The molecule has 0 radical (unpaired) electrons. The smallest absolute Gasteiger partial charge is 0.303 e. The van der Waals surface area contributed by atoms with Crippen LogP contribution in [0.5, 0.6) is 0 Å². The van der Waals surface area contributed by atoms with Crippen LogP contribution < -0.4 is 0 Å². The zero-order chi connectivity index (χ0) is 20.3. The van der Waals surface area contributed by atoms with E-state index >= 15 is 0 Å². The van der Waals surface area contributed by atoms with Gasteiger partial charge >= 0.3 is 11.9 Å². The molecule has 3 saturated carbocycles. The molecular weight excluding hydrogens is 356 g/mol. The van der Waals surface area contributed by atoms with Crippen LogP contribution in [-0.4, -0.2) is 29.9 Å². The summed E-state index contributed by atoms with van der Waals surface area (Å²) in [4.78, 5) is 36.0. The topological polar surface area (TPSA) is 69.7 Å². The van der Waals surface area contributed by atoms with E-state index in [1.807, 2.05) is 0 Å². The summed E-state index contributed by atoms with van der Waals surface area (Å²) in [6.07, 6.45) is 7.82. The van der Waals surface area contributed by atoms with Crippen LogP contribution in [0.2, 0.25) is 0 Å². The van der Waals surface area contributed by atoms with Gasteiger partial charge in [-0.1, -0.05) is 19.4 Å². The maximum atomic E-state index is 12.7. The Morgan fingerprint density at radius 1 is 0.964 bits per heavy atom. The third-order valence-corrected chi connectivity index (χ3v) is 8.41. The van der Waals surface area contributed by atoms with Gasteiger partial charge in [0.15, 0.2) is 0 Å². The van der Waals surface area contributed by atoms with E-state index in [4.69, 9.17) is 9.47 Å². The van der Waals surface area contributed by atoms with Crippen molar-refractivity contribution in [1.82, 2.24) is 0 Å². The molecule has 0 aliphatic heterocycles. The van der Waals surface area contributed by atoms with Crippen molar-refractivity contribution in [3.63, 3.8) is 0 Å². The molecule has 7 atom stereocenters. The number of hydrogen-bond acceptors (Lipinski definition) is 5. The summed E-state index contributed by atoms with van der Waals surface area (Å²) in [5.41, 5.74) is 1.03. The number of carbonyl (C=O) groups is 3. The van der Waals surface area contributed by atoms with Gasteiger partial charge < -0.3 is 9.47 Å². The molecule has 5 heteroatoms. The summed E-state index contributed by atoms with van der Waals surface area (Å²) < 4.78 is 11.3. The largest absolute Gasteiger partial charge is 0.462 e. The molecule has 0 amide bonds. The first-order valence-corrected chi connectivity index (χ1v) is 10.7. The van der Waals surface area contributed by atoms with E-state index in [2.05, 4.69) is 19.9 Å². The highest BCUT2D eigenvalue weighted by atomic mass is 16.5.